The van der Waals surface area contributed by atoms with Crippen LogP contribution in [0.15, 0.2) is 59.8 Å². The van der Waals surface area contributed by atoms with Gasteiger partial charge in [0.05, 0.1) is 26.2 Å². The lowest BCUT2D eigenvalue weighted by Gasteiger charge is -2.09. The van der Waals surface area contributed by atoms with Crippen LogP contribution in [-0.4, -0.2) is 37.8 Å². The molecule has 0 radical (unpaired) electrons. The monoisotopic (exact) mass is 374 g/mol. The van der Waals surface area contributed by atoms with E-state index in [-0.39, 0.29) is 5.91 Å². The van der Waals surface area contributed by atoms with Gasteiger partial charge in [-0.3, -0.25) is 4.79 Å². The quantitative estimate of drug-likeness (QED) is 0.276. The summed E-state index contributed by atoms with van der Waals surface area (Å²) in [6, 6.07) is 5.47. The van der Waals surface area contributed by atoms with Crippen molar-refractivity contribution in [1.29, 1.82) is 0 Å². The number of thioether (sulfide) groups is 1. The maximum atomic E-state index is 11.8. The van der Waals surface area contributed by atoms with Crippen molar-refractivity contribution >= 4 is 23.9 Å². The number of ether oxygens (including phenoxy) is 2. The Morgan fingerprint density at radius 1 is 1.31 bits per heavy atom. The Morgan fingerprint density at radius 2 is 2.12 bits per heavy atom. The molecular formula is C20H26N2O3S. The summed E-state index contributed by atoms with van der Waals surface area (Å²) < 4.78 is 10.5. The molecule has 0 atom stereocenters. The highest BCUT2D eigenvalue weighted by molar-refractivity contribution is 7.99. The molecule has 0 saturated heterocycles. The lowest BCUT2D eigenvalue weighted by Crippen LogP contribution is -2.19. The first-order valence-corrected chi connectivity index (χ1v) is 9.33. The largest absolute Gasteiger partial charge is 0.493 e. The summed E-state index contributed by atoms with van der Waals surface area (Å²) in [4.78, 5) is 11.8. The first kappa shape index (κ1) is 21.6. The number of nitrogens with one attached hydrogen (secondary N) is 1. The molecule has 1 amide bonds. The van der Waals surface area contributed by atoms with Gasteiger partial charge >= 0.3 is 0 Å². The van der Waals surface area contributed by atoms with Crippen LogP contribution >= 0.6 is 11.8 Å². The molecule has 5 nitrogen and oxygen atoms in total. The number of nitrogens with zero attached hydrogens (tertiary/aromatic N) is 1. The van der Waals surface area contributed by atoms with Crippen LogP contribution in [0.5, 0.6) is 11.5 Å². The summed E-state index contributed by atoms with van der Waals surface area (Å²) in [6.45, 7) is 5.69. The minimum atomic E-state index is -0.138. The van der Waals surface area contributed by atoms with Crippen LogP contribution in [0.1, 0.15) is 18.9 Å². The Morgan fingerprint density at radius 3 is 2.81 bits per heavy atom. The number of allylic oxidation sites excluding steroid dienone is 5. The zero-order valence-electron chi connectivity index (χ0n) is 15.5. The van der Waals surface area contributed by atoms with Gasteiger partial charge in [0.2, 0.25) is 5.91 Å². The number of carbonyl (C=O) groups is 1. The molecule has 0 spiro atoms. The van der Waals surface area contributed by atoms with Gasteiger partial charge in [-0.25, -0.2) is 5.43 Å². The standard InChI is InChI=1S/C20H26N2O3S/c1-5-6-7-9-16(2)12-13-26-15-19(23)22-21-14-17-10-8-11-18(24-3)20(17)25-4/h5-11,14H,1,12-13,15H2,2-4H3,(H,22,23)/b7-6-,16-9-,21-14+. The number of benzene rings is 1. The number of rotatable bonds is 11. The van der Waals surface area contributed by atoms with Crippen LogP contribution < -0.4 is 14.9 Å². The second-order valence-electron chi connectivity index (χ2n) is 5.31. The van der Waals surface area contributed by atoms with E-state index in [1.165, 1.54) is 5.57 Å². The van der Waals surface area contributed by atoms with E-state index in [1.54, 1.807) is 44.3 Å². The van der Waals surface area contributed by atoms with Gasteiger partial charge in [-0.05, 0) is 31.2 Å². The number of hydrogen-bond donors (Lipinski definition) is 1. The molecule has 0 unspecified atom stereocenters. The molecule has 6 heteroatoms. The van der Waals surface area contributed by atoms with Gasteiger partial charge in [0.1, 0.15) is 0 Å². The van der Waals surface area contributed by atoms with Crippen molar-refractivity contribution in [3.63, 3.8) is 0 Å². The molecule has 0 saturated carbocycles. The third-order valence-electron chi connectivity index (χ3n) is 3.33. The fraction of sp³-hybridized carbons (Fsp3) is 0.300. The van der Waals surface area contributed by atoms with E-state index in [4.69, 9.17) is 9.47 Å². The maximum Gasteiger partial charge on any atom is 0.250 e. The zero-order chi connectivity index (χ0) is 19.2. The minimum absolute atomic E-state index is 0.138. The van der Waals surface area contributed by atoms with Gasteiger partial charge in [-0.15, -0.1) is 0 Å². The smallest absolute Gasteiger partial charge is 0.250 e. The number of hydrazone groups is 1. The molecule has 0 fully saturated rings. The SMILES string of the molecule is C=C/C=C\C=C(\C)CCSCC(=O)N/N=C/c1cccc(OC)c1OC. The van der Waals surface area contributed by atoms with Gasteiger partial charge < -0.3 is 9.47 Å². The Kier molecular flexibility index (Phi) is 10.6. The Labute approximate surface area is 159 Å². The first-order valence-electron chi connectivity index (χ1n) is 8.17. The maximum absolute atomic E-state index is 11.8. The van der Waals surface area contributed by atoms with E-state index in [0.717, 1.165) is 17.7 Å². The number of para-hydroxylation sites is 1. The second kappa shape index (κ2) is 12.8. The van der Waals surface area contributed by atoms with Crippen LogP contribution in [0, 0.1) is 0 Å². The topological polar surface area (TPSA) is 59.9 Å². The van der Waals surface area contributed by atoms with Crippen LogP contribution in [0.2, 0.25) is 0 Å². The molecule has 0 aliphatic rings. The second-order valence-corrected chi connectivity index (χ2v) is 6.42. The van der Waals surface area contributed by atoms with Crippen LogP contribution in [-0.2, 0) is 4.79 Å². The average Bonchev–Trinajstić information content (AvgIpc) is 2.65. The molecule has 0 heterocycles. The molecule has 0 aliphatic carbocycles. The fourth-order valence-electron chi connectivity index (χ4n) is 2.00. The highest BCUT2D eigenvalue weighted by Crippen LogP contribution is 2.29. The summed E-state index contributed by atoms with van der Waals surface area (Å²) in [5.74, 6) is 2.30. The normalized spacial score (nSPS) is 11.7. The van der Waals surface area contributed by atoms with E-state index in [0.29, 0.717) is 17.3 Å². The van der Waals surface area contributed by atoms with Gasteiger partial charge in [-0.2, -0.15) is 16.9 Å². The van der Waals surface area contributed by atoms with Crippen molar-refractivity contribution in [3.05, 3.63) is 60.2 Å². The lowest BCUT2D eigenvalue weighted by molar-refractivity contribution is -0.118. The Hall–Kier alpha value is -2.47. The van der Waals surface area contributed by atoms with E-state index >= 15 is 0 Å². The molecule has 1 rings (SSSR count). The van der Waals surface area contributed by atoms with E-state index in [9.17, 15) is 4.79 Å². The molecule has 1 aromatic rings. The van der Waals surface area contributed by atoms with Crippen molar-refractivity contribution in [2.24, 2.45) is 5.10 Å². The zero-order valence-corrected chi connectivity index (χ0v) is 16.3. The first-order chi connectivity index (χ1) is 12.6. The predicted molar refractivity (Wildman–Crippen MR) is 110 cm³/mol. The average molecular weight is 375 g/mol. The summed E-state index contributed by atoms with van der Waals surface area (Å²) in [5.41, 5.74) is 4.52. The minimum Gasteiger partial charge on any atom is -0.493 e. The Balaban J connectivity index is 2.39. The lowest BCUT2D eigenvalue weighted by atomic mass is 10.2. The molecule has 0 aliphatic heterocycles. The van der Waals surface area contributed by atoms with Crippen molar-refractivity contribution in [1.82, 2.24) is 5.43 Å². The summed E-state index contributed by atoms with van der Waals surface area (Å²) in [7, 11) is 3.14. The molecule has 1 aromatic carbocycles. The molecule has 26 heavy (non-hydrogen) atoms. The van der Waals surface area contributed by atoms with Crippen molar-refractivity contribution in [2.75, 3.05) is 25.7 Å². The number of methoxy groups -OCH3 is 2. The predicted octanol–water partition coefficient (Wildman–Crippen LogP) is 3.97. The molecule has 0 aromatic heterocycles. The third-order valence-corrected chi connectivity index (χ3v) is 4.29. The highest BCUT2D eigenvalue weighted by Gasteiger charge is 2.07. The number of hydrogen-bond acceptors (Lipinski definition) is 5. The van der Waals surface area contributed by atoms with Crippen molar-refractivity contribution in [2.45, 2.75) is 13.3 Å². The Bertz CT molecular complexity index is 682. The van der Waals surface area contributed by atoms with Gasteiger partial charge in [0, 0.05) is 5.56 Å². The van der Waals surface area contributed by atoms with Crippen LogP contribution in [0.25, 0.3) is 0 Å². The van der Waals surface area contributed by atoms with Gasteiger partial charge in [-0.1, -0.05) is 42.5 Å². The van der Waals surface area contributed by atoms with Gasteiger partial charge in [0.15, 0.2) is 11.5 Å². The molecule has 140 valence electrons. The van der Waals surface area contributed by atoms with E-state index < -0.39 is 0 Å². The van der Waals surface area contributed by atoms with Crippen LogP contribution in [0.4, 0.5) is 0 Å². The van der Waals surface area contributed by atoms with Crippen LogP contribution in [0.3, 0.4) is 0 Å². The third kappa shape index (κ3) is 8.07. The molecular weight excluding hydrogens is 348 g/mol. The number of carbonyl (C=O) groups excluding carboxylic acids is 1. The fourth-order valence-corrected chi connectivity index (χ4v) is 2.86. The summed E-state index contributed by atoms with van der Waals surface area (Å²) in [6.07, 6.45) is 10.1. The molecule has 0 bridgehead atoms. The van der Waals surface area contributed by atoms with Gasteiger partial charge in [0.25, 0.3) is 0 Å². The summed E-state index contributed by atoms with van der Waals surface area (Å²) in [5, 5.41) is 3.99. The highest BCUT2D eigenvalue weighted by atomic mass is 32.2. The van der Waals surface area contributed by atoms with Crippen molar-refractivity contribution < 1.29 is 14.3 Å². The number of amides is 1. The molecule has 1 N–H and O–H groups in total. The van der Waals surface area contributed by atoms with E-state index in [1.807, 2.05) is 30.4 Å². The van der Waals surface area contributed by atoms with E-state index in [2.05, 4.69) is 24.0 Å². The summed E-state index contributed by atoms with van der Waals surface area (Å²) >= 11 is 1.57. The van der Waals surface area contributed by atoms with Crippen molar-refractivity contribution in [3.8, 4) is 11.5 Å².